The Balaban J connectivity index is 1.77. The lowest BCUT2D eigenvalue weighted by Crippen LogP contribution is -2.34. The molecule has 2 heterocycles. The van der Waals surface area contributed by atoms with E-state index in [-0.39, 0.29) is 11.7 Å². The van der Waals surface area contributed by atoms with E-state index in [4.69, 9.17) is 0 Å². The van der Waals surface area contributed by atoms with Gasteiger partial charge in [0.25, 0.3) is 0 Å². The maximum Gasteiger partial charge on any atom is 0.234 e. The minimum atomic E-state index is -0.544. The van der Waals surface area contributed by atoms with E-state index in [1.165, 1.54) is 0 Å². The Bertz CT molecular complexity index is 788. The normalized spacial score (nSPS) is 22.5. The van der Waals surface area contributed by atoms with Crippen molar-refractivity contribution in [3.8, 4) is 0 Å². The Morgan fingerprint density at radius 1 is 1.00 bits per heavy atom. The molecule has 0 fully saturated rings. The van der Waals surface area contributed by atoms with Crippen LogP contribution in [0.15, 0.2) is 46.9 Å². The molecule has 2 aliphatic heterocycles. The number of anilines is 2. The summed E-state index contributed by atoms with van der Waals surface area (Å²) in [5.74, 6) is -0.656. The smallest absolute Gasteiger partial charge is 0.234 e. The molecule has 2 N–H and O–H groups in total. The molecule has 2 aliphatic rings. The number of rotatable bonds is 1. The van der Waals surface area contributed by atoms with Crippen molar-refractivity contribution < 1.29 is 9.59 Å². The summed E-state index contributed by atoms with van der Waals surface area (Å²) in [6.45, 7) is 0. The SMILES string of the molecule is O=C1c2cc(Br)ccc2NC1C1C(=O)Nc2ccccc21. The summed E-state index contributed by atoms with van der Waals surface area (Å²) in [5, 5.41) is 6.04. The molecular formula is C16H11BrN2O2. The minimum absolute atomic E-state index is 0.0387. The van der Waals surface area contributed by atoms with Crippen molar-refractivity contribution in [2.75, 3.05) is 10.6 Å². The second-order valence-electron chi connectivity index (χ2n) is 5.23. The number of hydrogen-bond donors (Lipinski definition) is 2. The molecule has 0 radical (unpaired) electrons. The van der Waals surface area contributed by atoms with Gasteiger partial charge in [0.15, 0.2) is 5.78 Å². The first-order chi connectivity index (χ1) is 10.1. The van der Waals surface area contributed by atoms with Gasteiger partial charge in [-0.25, -0.2) is 0 Å². The van der Waals surface area contributed by atoms with Crippen molar-refractivity contribution in [3.63, 3.8) is 0 Å². The lowest BCUT2D eigenvalue weighted by Gasteiger charge is -2.16. The van der Waals surface area contributed by atoms with E-state index in [1.807, 2.05) is 36.4 Å². The van der Waals surface area contributed by atoms with E-state index < -0.39 is 12.0 Å². The van der Waals surface area contributed by atoms with Crippen LogP contribution >= 0.6 is 15.9 Å². The molecule has 0 bridgehead atoms. The van der Waals surface area contributed by atoms with Crippen LogP contribution in [0.3, 0.4) is 0 Å². The van der Waals surface area contributed by atoms with Crippen molar-refractivity contribution in [2.45, 2.75) is 12.0 Å². The number of para-hydroxylation sites is 1. The third-order valence-corrected chi connectivity index (χ3v) is 4.50. The summed E-state index contributed by atoms with van der Waals surface area (Å²) in [5.41, 5.74) is 3.08. The summed E-state index contributed by atoms with van der Waals surface area (Å²) >= 11 is 3.37. The Hall–Kier alpha value is -2.14. The maximum absolute atomic E-state index is 12.6. The maximum atomic E-state index is 12.6. The number of ketones is 1. The number of carbonyl (C=O) groups excluding carboxylic acids is 2. The number of nitrogens with one attached hydrogen (secondary N) is 2. The topological polar surface area (TPSA) is 58.2 Å². The van der Waals surface area contributed by atoms with Crippen LogP contribution in [0, 0.1) is 0 Å². The molecule has 2 aromatic carbocycles. The highest BCUT2D eigenvalue weighted by Crippen LogP contribution is 2.40. The highest BCUT2D eigenvalue weighted by Gasteiger charge is 2.44. The van der Waals surface area contributed by atoms with Gasteiger partial charge in [-0.1, -0.05) is 34.1 Å². The first-order valence-electron chi connectivity index (χ1n) is 6.65. The lowest BCUT2D eigenvalue weighted by molar-refractivity contribution is -0.117. The Morgan fingerprint density at radius 3 is 2.67 bits per heavy atom. The predicted molar refractivity (Wildman–Crippen MR) is 83.7 cm³/mol. The van der Waals surface area contributed by atoms with E-state index in [9.17, 15) is 9.59 Å². The Morgan fingerprint density at radius 2 is 1.81 bits per heavy atom. The predicted octanol–water partition coefficient (Wildman–Crippen LogP) is 3.16. The molecule has 0 saturated carbocycles. The van der Waals surface area contributed by atoms with Crippen LogP contribution in [-0.2, 0) is 4.79 Å². The van der Waals surface area contributed by atoms with Crippen LogP contribution in [0.1, 0.15) is 21.8 Å². The standard InChI is InChI=1S/C16H11BrN2O2/c17-8-5-6-12-10(7-8)15(20)14(18-12)13-9-3-1-2-4-11(9)19-16(13)21/h1-7,13-14,18H,(H,19,21). The number of hydrogen-bond acceptors (Lipinski definition) is 3. The summed E-state index contributed by atoms with van der Waals surface area (Å²) in [4.78, 5) is 24.9. The molecule has 21 heavy (non-hydrogen) atoms. The fourth-order valence-corrected chi connectivity index (χ4v) is 3.41. The van der Waals surface area contributed by atoms with E-state index in [1.54, 1.807) is 6.07 Å². The summed E-state index contributed by atoms with van der Waals surface area (Å²) in [6.07, 6.45) is 0. The Labute approximate surface area is 129 Å². The van der Waals surface area contributed by atoms with Crippen LogP contribution in [0.4, 0.5) is 11.4 Å². The zero-order chi connectivity index (χ0) is 14.6. The van der Waals surface area contributed by atoms with Gasteiger partial charge in [0.1, 0.15) is 6.04 Å². The summed E-state index contributed by atoms with van der Waals surface area (Å²) in [7, 11) is 0. The van der Waals surface area contributed by atoms with Crippen molar-refractivity contribution in [1.29, 1.82) is 0 Å². The van der Waals surface area contributed by atoms with Crippen molar-refractivity contribution in [3.05, 3.63) is 58.1 Å². The van der Waals surface area contributed by atoms with Gasteiger partial charge < -0.3 is 10.6 Å². The third kappa shape index (κ3) is 1.81. The monoisotopic (exact) mass is 342 g/mol. The molecule has 1 amide bonds. The number of amides is 1. The number of Topliss-reactive ketones (excluding diaryl/α,β-unsaturated/α-hetero) is 1. The zero-order valence-electron chi connectivity index (χ0n) is 10.9. The second kappa shape index (κ2) is 4.43. The van der Waals surface area contributed by atoms with Crippen LogP contribution in [0.25, 0.3) is 0 Å². The number of halogens is 1. The molecule has 0 spiro atoms. The molecule has 2 atom stereocenters. The number of carbonyl (C=O) groups is 2. The fourth-order valence-electron chi connectivity index (χ4n) is 3.05. The highest BCUT2D eigenvalue weighted by atomic mass is 79.9. The van der Waals surface area contributed by atoms with Gasteiger partial charge in [-0.15, -0.1) is 0 Å². The van der Waals surface area contributed by atoms with E-state index in [0.717, 1.165) is 21.4 Å². The van der Waals surface area contributed by atoms with Crippen LogP contribution in [-0.4, -0.2) is 17.7 Å². The molecule has 104 valence electrons. The largest absolute Gasteiger partial charge is 0.373 e. The summed E-state index contributed by atoms with van der Waals surface area (Å²) in [6, 6.07) is 12.5. The fraction of sp³-hybridized carbons (Fsp3) is 0.125. The van der Waals surface area contributed by atoms with E-state index in [0.29, 0.717) is 5.56 Å². The van der Waals surface area contributed by atoms with Crippen LogP contribution in [0.2, 0.25) is 0 Å². The average molecular weight is 343 g/mol. The van der Waals surface area contributed by atoms with Gasteiger partial charge in [0, 0.05) is 21.4 Å². The molecule has 2 unspecified atom stereocenters. The first-order valence-corrected chi connectivity index (χ1v) is 7.44. The second-order valence-corrected chi connectivity index (χ2v) is 6.15. The van der Waals surface area contributed by atoms with Gasteiger partial charge in [-0.3, -0.25) is 9.59 Å². The molecule has 0 aliphatic carbocycles. The van der Waals surface area contributed by atoms with Gasteiger partial charge in [-0.2, -0.15) is 0 Å². The van der Waals surface area contributed by atoms with Gasteiger partial charge in [-0.05, 0) is 29.8 Å². The average Bonchev–Trinajstić information content (AvgIpc) is 2.96. The van der Waals surface area contributed by atoms with Crippen molar-refractivity contribution in [2.24, 2.45) is 0 Å². The number of fused-ring (bicyclic) bond motifs is 2. The van der Waals surface area contributed by atoms with Crippen LogP contribution in [0.5, 0.6) is 0 Å². The minimum Gasteiger partial charge on any atom is -0.373 e. The highest BCUT2D eigenvalue weighted by molar-refractivity contribution is 9.10. The zero-order valence-corrected chi connectivity index (χ0v) is 12.5. The summed E-state index contributed by atoms with van der Waals surface area (Å²) < 4.78 is 0.855. The lowest BCUT2D eigenvalue weighted by atomic mass is 9.90. The Kier molecular flexibility index (Phi) is 2.65. The van der Waals surface area contributed by atoms with Crippen molar-refractivity contribution in [1.82, 2.24) is 0 Å². The molecule has 4 nitrogen and oxygen atoms in total. The molecule has 4 rings (SSSR count). The third-order valence-electron chi connectivity index (χ3n) is 4.01. The molecule has 2 aromatic rings. The van der Waals surface area contributed by atoms with E-state index >= 15 is 0 Å². The van der Waals surface area contributed by atoms with E-state index in [2.05, 4.69) is 26.6 Å². The first kappa shape index (κ1) is 12.6. The van der Waals surface area contributed by atoms with Gasteiger partial charge in [0.2, 0.25) is 5.91 Å². The van der Waals surface area contributed by atoms with Crippen molar-refractivity contribution >= 4 is 39.0 Å². The van der Waals surface area contributed by atoms with Crippen LogP contribution < -0.4 is 10.6 Å². The molecular weight excluding hydrogens is 332 g/mol. The molecule has 0 saturated heterocycles. The quantitative estimate of drug-likeness (QED) is 0.836. The van der Waals surface area contributed by atoms with Gasteiger partial charge >= 0.3 is 0 Å². The molecule has 0 aromatic heterocycles. The molecule has 5 heteroatoms. The number of benzene rings is 2. The van der Waals surface area contributed by atoms with Gasteiger partial charge in [0.05, 0.1) is 5.92 Å².